The maximum atomic E-state index is 12.0. The van der Waals surface area contributed by atoms with E-state index >= 15 is 0 Å². The van der Waals surface area contributed by atoms with E-state index in [2.05, 4.69) is 34.2 Å². The lowest BCUT2D eigenvalue weighted by Crippen LogP contribution is -2.39. The molecule has 1 aliphatic heterocycles. The summed E-state index contributed by atoms with van der Waals surface area (Å²) in [7, 11) is 0. The summed E-state index contributed by atoms with van der Waals surface area (Å²) in [5.74, 6) is 2.88. The Balaban J connectivity index is 1.59. The topological polar surface area (TPSA) is 84.1 Å². The number of fused-ring (bicyclic) bond motifs is 1. The average molecular weight is 357 g/mol. The number of nitrogens with one attached hydrogen (secondary N) is 1. The van der Waals surface area contributed by atoms with Gasteiger partial charge in [-0.2, -0.15) is 4.98 Å². The van der Waals surface area contributed by atoms with Gasteiger partial charge in [-0.25, -0.2) is 4.98 Å². The van der Waals surface area contributed by atoms with E-state index in [-0.39, 0.29) is 5.91 Å². The quantitative estimate of drug-likeness (QED) is 0.885. The molecule has 2 unspecified atom stereocenters. The average Bonchev–Trinajstić information content (AvgIpc) is 3.32. The fraction of sp³-hybridized carbons (Fsp3) is 0.684. The molecule has 1 aliphatic carbocycles. The Bertz CT molecular complexity index is 804. The fourth-order valence-electron chi connectivity index (χ4n) is 3.94. The van der Waals surface area contributed by atoms with Crippen LogP contribution < -0.4 is 10.2 Å². The van der Waals surface area contributed by atoms with E-state index < -0.39 is 0 Å². The first-order valence-electron chi connectivity index (χ1n) is 9.66. The van der Waals surface area contributed by atoms with Gasteiger partial charge in [-0.3, -0.25) is 4.79 Å². The predicted molar refractivity (Wildman–Crippen MR) is 99.0 cm³/mol. The first kappa shape index (κ1) is 17.2. The molecule has 0 bridgehead atoms. The number of amides is 1. The standard InChI is InChI=1S/C19H27N5O2/c1-11-8-12(2)10-24(9-11)18-17-13(3)23-26-19(17)22-15(21-18)6-7-16(25)20-14-4-5-14/h11-12,14H,4-10H2,1-3H3,(H,20,25). The second-order valence-corrected chi connectivity index (χ2v) is 8.10. The van der Waals surface area contributed by atoms with Gasteiger partial charge in [-0.15, -0.1) is 0 Å². The van der Waals surface area contributed by atoms with Crippen molar-refractivity contribution in [3.8, 4) is 0 Å². The van der Waals surface area contributed by atoms with Gasteiger partial charge in [-0.1, -0.05) is 19.0 Å². The monoisotopic (exact) mass is 357 g/mol. The molecule has 1 N–H and O–H groups in total. The number of aromatic nitrogens is 3. The van der Waals surface area contributed by atoms with Crippen LogP contribution in [0.1, 0.15) is 51.0 Å². The fourth-order valence-corrected chi connectivity index (χ4v) is 3.94. The maximum Gasteiger partial charge on any atom is 0.263 e. The molecule has 2 fully saturated rings. The Morgan fingerprint density at radius 2 is 1.96 bits per heavy atom. The minimum absolute atomic E-state index is 0.0757. The van der Waals surface area contributed by atoms with Crippen LogP contribution in [0.4, 0.5) is 5.82 Å². The van der Waals surface area contributed by atoms with Crippen molar-refractivity contribution < 1.29 is 9.32 Å². The van der Waals surface area contributed by atoms with Crippen LogP contribution in [-0.2, 0) is 11.2 Å². The van der Waals surface area contributed by atoms with Gasteiger partial charge in [0.05, 0.1) is 5.69 Å². The summed E-state index contributed by atoms with van der Waals surface area (Å²) in [6.45, 7) is 8.44. The first-order valence-corrected chi connectivity index (χ1v) is 9.66. The van der Waals surface area contributed by atoms with Crippen LogP contribution >= 0.6 is 0 Å². The van der Waals surface area contributed by atoms with Gasteiger partial charge in [0.15, 0.2) is 0 Å². The van der Waals surface area contributed by atoms with Gasteiger partial charge < -0.3 is 14.7 Å². The Morgan fingerprint density at radius 3 is 2.65 bits per heavy atom. The van der Waals surface area contributed by atoms with E-state index in [1.165, 1.54) is 6.42 Å². The number of carbonyl (C=O) groups is 1. The molecule has 0 aromatic carbocycles. The van der Waals surface area contributed by atoms with Crippen LogP contribution in [0.3, 0.4) is 0 Å². The minimum atomic E-state index is 0.0757. The first-order chi connectivity index (χ1) is 12.5. The second-order valence-electron chi connectivity index (χ2n) is 8.10. The molecular formula is C19H27N5O2. The summed E-state index contributed by atoms with van der Waals surface area (Å²) in [5.41, 5.74) is 1.34. The van der Waals surface area contributed by atoms with Crippen molar-refractivity contribution >= 4 is 22.8 Å². The lowest BCUT2D eigenvalue weighted by atomic mass is 9.92. The number of hydrogen-bond acceptors (Lipinski definition) is 6. The normalized spacial score (nSPS) is 23.4. The summed E-state index contributed by atoms with van der Waals surface area (Å²) in [5, 5.41) is 8.00. The number of aryl methyl sites for hydroxylation is 2. The third kappa shape index (κ3) is 3.66. The molecular weight excluding hydrogens is 330 g/mol. The number of carbonyl (C=O) groups excluding carboxylic acids is 1. The summed E-state index contributed by atoms with van der Waals surface area (Å²) in [6.07, 6.45) is 4.35. The van der Waals surface area contributed by atoms with E-state index in [0.717, 1.165) is 42.8 Å². The molecule has 26 heavy (non-hydrogen) atoms. The molecule has 7 heteroatoms. The molecule has 1 amide bonds. The van der Waals surface area contributed by atoms with E-state index in [4.69, 9.17) is 9.51 Å². The van der Waals surface area contributed by atoms with Gasteiger partial charge in [0, 0.05) is 32.0 Å². The second kappa shape index (κ2) is 6.85. The lowest BCUT2D eigenvalue weighted by molar-refractivity contribution is -0.121. The third-order valence-electron chi connectivity index (χ3n) is 5.22. The summed E-state index contributed by atoms with van der Waals surface area (Å²) < 4.78 is 5.43. The molecule has 2 aromatic rings. The molecule has 1 saturated heterocycles. The van der Waals surface area contributed by atoms with E-state index in [1.807, 2.05) is 6.92 Å². The Labute approximate surface area is 153 Å². The molecule has 0 spiro atoms. The number of rotatable bonds is 5. The minimum Gasteiger partial charge on any atom is -0.355 e. The van der Waals surface area contributed by atoms with Gasteiger partial charge in [0.2, 0.25) is 5.91 Å². The van der Waals surface area contributed by atoms with Crippen molar-refractivity contribution in [2.24, 2.45) is 11.8 Å². The molecule has 1 saturated carbocycles. The van der Waals surface area contributed by atoms with Crippen LogP contribution in [0, 0.1) is 18.8 Å². The van der Waals surface area contributed by atoms with Crippen molar-refractivity contribution in [3.63, 3.8) is 0 Å². The summed E-state index contributed by atoms with van der Waals surface area (Å²) in [6, 6.07) is 0.384. The van der Waals surface area contributed by atoms with Crippen molar-refractivity contribution in [1.82, 2.24) is 20.4 Å². The highest BCUT2D eigenvalue weighted by Crippen LogP contribution is 2.32. The zero-order valence-electron chi connectivity index (χ0n) is 15.8. The number of anilines is 1. The van der Waals surface area contributed by atoms with Gasteiger partial charge >= 0.3 is 0 Å². The van der Waals surface area contributed by atoms with Crippen LogP contribution in [0.5, 0.6) is 0 Å². The molecule has 2 aromatic heterocycles. The summed E-state index contributed by atoms with van der Waals surface area (Å²) >= 11 is 0. The van der Waals surface area contributed by atoms with Gasteiger partial charge in [0.25, 0.3) is 5.71 Å². The molecule has 2 aliphatic rings. The predicted octanol–water partition coefficient (Wildman–Crippen LogP) is 2.62. The Hall–Kier alpha value is -2.18. The highest BCUT2D eigenvalue weighted by atomic mass is 16.5. The smallest absolute Gasteiger partial charge is 0.263 e. The highest BCUT2D eigenvalue weighted by molar-refractivity contribution is 5.88. The van der Waals surface area contributed by atoms with Crippen molar-refractivity contribution in [3.05, 3.63) is 11.5 Å². The van der Waals surface area contributed by atoms with Crippen LogP contribution in [-0.4, -0.2) is 40.2 Å². The lowest BCUT2D eigenvalue weighted by Gasteiger charge is -2.36. The van der Waals surface area contributed by atoms with E-state index in [9.17, 15) is 4.79 Å². The molecule has 7 nitrogen and oxygen atoms in total. The van der Waals surface area contributed by atoms with Crippen molar-refractivity contribution in [1.29, 1.82) is 0 Å². The number of hydrogen-bond donors (Lipinski definition) is 1. The Morgan fingerprint density at radius 1 is 1.23 bits per heavy atom. The summed E-state index contributed by atoms with van der Waals surface area (Å²) in [4.78, 5) is 23.7. The van der Waals surface area contributed by atoms with Gasteiger partial charge in [0.1, 0.15) is 17.0 Å². The third-order valence-corrected chi connectivity index (χ3v) is 5.22. The van der Waals surface area contributed by atoms with Crippen molar-refractivity contribution in [2.75, 3.05) is 18.0 Å². The highest BCUT2D eigenvalue weighted by Gasteiger charge is 2.27. The molecule has 2 atom stereocenters. The molecule has 3 heterocycles. The van der Waals surface area contributed by atoms with Crippen LogP contribution in [0.2, 0.25) is 0 Å². The number of piperidine rings is 1. The van der Waals surface area contributed by atoms with Crippen molar-refractivity contribution in [2.45, 2.75) is 58.9 Å². The molecule has 0 radical (unpaired) electrons. The van der Waals surface area contributed by atoms with Crippen LogP contribution in [0.15, 0.2) is 4.52 Å². The zero-order chi connectivity index (χ0) is 18.3. The largest absolute Gasteiger partial charge is 0.355 e. The van der Waals surface area contributed by atoms with Crippen LogP contribution in [0.25, 0.3) is 11.1 Å². The SMILES string of the molecule is Cc1noc2nc(CCC(=O)NC3CC3)nc(N3CC(C)CC(C)C3)c12. The maximum absolute atomic E-state index is 12.0. The van der Waals surface area contributed by atoms with E-state index in [1.54, 1.807) is 0 Å². The zero-order valence-corrected chi connectivity index (χ0v) is 15.8. The van der Waals surface area contributed by atoms with E-state index in [0.29, 0.717) is 42.3 Å². The molecule has 140 valence electrons. The molecule has 4 rings (SSSR count). The van der Waals surface area contributed by atoms with Gasteiger partial charge in [-0.05, 0) is 38.0 Å². The number of nitrogens with zero attached hydrogens (tertiary/aromatic N) is 4. The Kier molecular flexibility index (Phi) is 4.54.